The van der Waals surface area contributed by atoms with Crippen LogP contribution in [0.1, 0.15) is 30.5 Å². The van der Waals surface area contributed by atoms with Gasteiger partial charge in [-0.1, -0.05) is 30.3 Å². The van der Waals surface area contributed by atoms with Crippen molar-refractivity contribution in [1.29, 1.82) is 0 Å². The van der Waals surface area contributed by atoms with Crippen LogP contribution < -0.4 is 4.90 Å². The molecule has 0 aromatic heterocycles. The van der Waals surface area contributed by atoms with E-state index in [0.29, 0.717) is 23.2 Å². The number of phenols is 1. The molecule has 1 amide bonds. The van der Waals surface area contributed by atoms with E-state index in [2.05, 4.69) is 0 Å². The van der Waals surface area contributed by atoms with Gasteiger partial charge in [-0.3, -0.25) is 4.79 Å². The predicted molar refractivity (Wildman–Crippen MR) is 119 cm³/mol. The summed E-state index contributed by atoms with van der Waals surface area (Å²) in [7, 11) is 0. The lowest BCUT2D eigenvalue weighted by Gasteiger charge is -2.47. The van der Waals surface area contributed by atoms with Crippen LogP contribution in [0.25, 0.3) is 5.57 Å². The lowest BCUT2D eigenvalue weighted by atomic mass is 9.79. The van der Waals surface area contributed by atoms with Gasteiger partial charge >= 0.3 is 0 Å². The van der Waals surface area contributed by atoms with Gasteiger partial charge in [-0.25, -0.2) is 8.78 Å². The molecule has 0 radical (unpaired) electrons. The summed E-state index contributed by atoms with van der Waals surface area (Å²) >= 11 is 0. The topological polar surface area (TPSA) is 60.8 Å². The van der Waals surface area contributed by atoms with Crippen molar-refractivity contribution in [2.24, 2.45) is 5.92 Å². The number of amides is 1. The number of carbonyl (C=O) groups is 1. The van der Waals surface area contributed by atoms with Crippen molar-refractivity contribution in [3.63, 3.8) is 0 Å². The van der Waals surface area contributed by atoms with Crippen LogP contribution in [-0.2, 0) is 4.79 Å². The number of rotatable bonds is 6. The lowest BCUT2D eigenvalue weighted by molar-refractivity contribution is -0.130. The molecule has 1 fully saturated rings. The van der Waals surface area contributed by atoms with E-state index in [0.717, 1.165) is 5.56 Å². The van der Waals surface area contributed by atoms with Gasteiger partial charge in [-0.05, 0) is 78.6 Å². The molecule has 3 unspecified atom stereocenters. The number of carbonyl (C=O) groups excluding carboxylic acids is 1. The van der Waals surface area contributed by atoms with E-state index < -0.39 is 12.0 Å². The summed E-state index contributed by atoms with van der Waals surface area (Å²) in [6, 6.07) is 17.9. The van der Waals surface area contributed by atoms with Crippen molar-refractivity contribution < 1.29 is 23.8 Å². The number of β-lactam (4-membered cyclic amide) rings is 1. The van der Waals surface area contributed by atoms with Crippen LogP contribution in [0.5, 0.6) is 5.75 Å². The number of aliphatic hydroxyl groups is 1. The molecule has 1 aliphatic rings. The molecule has 2 N–H and O–H groups in total. The summed E-state index contributed by atoms with van der Waals surface area (Å²) in [5.74, 6) is -1.15. The number of benzene rings is 3. The highest BCUT2D eigenvalue weighted by atomic mass is 19.1. The Morgan fingerprint density at radius 1 is 0.969 bits per heavy atom. The second-order valence-corrected chi connectivity index (χ2v) is 7.91. The average molecular weight is 435 g/mol. The summed E-state index contributed by atoms with van der Waals surface area (Å²) in [6.07, 6.45) is 1.38. The van der Waals surface area contributed by atoms with Crippen molar-refractivity contribution >= 4 is 17.2 Å². The van der Waals surface area contributed by atoms with E-state index in [1.54, 1.807) is 60.4 Å². The highest BCUT2D eigenvalue weighted by Crippen LogP contribution is 2.46. The maximum absolute atomic E-state index is 13.4. The fourth-order valence-electron chi connectivity index (χ4n) is 4.15. The Kier molecular flexibility index (Phi) is 6.06. The minimum atomic E-state index is -0.795. The Morgan fingerprint density at radius 2 is 1.53 bits per heavy atom. The first-order valence-electron chi connectivity index (χ1n) is 10.4. The van der Waals surface area contributed by atoms with Crippen LogP contribution in [0.2, 0.25) is 0 Å². The van der Waals surface area contributed by atoms with E-state index in [9.17, 15) is 23.8 Å². The van der Waals surface area contributed by atoms with E-state index >= 15 is 0 Å². The molecule has 164 valence electrons. The zero-order valence-corrected chi connectivity index (χ0v) is 17.5. The number of nitrogens with zero attached hydrogens (tertiary/aromatic N) is 1. The Hall–Kier alpha value is -3.51. The molecule has 3 aromatic rings. The molecule has 6 heteroatoms. The summed E-state index contributed by atoms with van der Waals surface area (Å²) < 4.78 is 26.7. The molecule has 0 aliphatic carbocycles. The zero-order chi connectivity index (χ0) is 22.8. The predicted octanol–water partition coefficient (Wildman–Crippen LogP) is 5.23. The van der Waals surface area contributed by atoms with E-state index in [-0.39, 0.29) is 29.3 Å². The molecule has 1 heterocycles. The van der Waals surface area contributed by atoms with Gasteiger partial charge in [0, 0.05) is 5.69 Å². The second-order valence-electron chi connectivity index (χ2n) is 7.91. The van der Waals surface area contributed by atoms with Crippen molar-refractivity contribution in [3.05, 3.63) is 102 Å². The Balaban J connectivity index is 1.66. The quantitative estimate of drug-likeness (QED) is 0.522. The van der Waals surface area contributed by atoms with E-state index in [1.165, 1.54) is 24.3 Å². The first kappa shape index (κ1) is 21.7. The van der Waals surface area contributed by atoms with Gasteiger partial charge < -0.3 is 15.1 Å². The minimum Gasteiger partial charge on any atom is -0.508 e. The van der Waals surface area contributed by atoms with Crippen molar-refractivity contribution in [2.75, 3.05) is 4.90 Å². The molecular weight excluding hydrogens is 412 g/mol. The molecule has 3 aromatic carbocycles. The fraction of sp³-hybridized carbons (Fsp3) is 0.192. The second kappa shape index (κ2) is 8.93. The monoisotopic (exact) mass is 435 g/mol. The van der Waals surface area contributed by atoms with Gasteiger partial charge in [0.2, 0.25) is 5.91 Å². The molecule has 4 rings (SSSR count). The molecule has 4 nitrogen and oxygen atoms in total. The van der Waals surface area contributed by atoms with Gasteiger partial charge in [0.25, 0.3) is 0 Å². The number of allylic oxidation sites excluding steroid dienone is 1. The Morgan fingerprint density at radius 3 is 2.09 bits per heavy atom. The molecular formula is C26H23F2NO3. The molecule has 1 saturated heterocycles. The third kappa shape index (κ3) is 4.27. The number of phenolic OH excluding ortho intramolecular Hbond substituents is 1. The number of aromatic hydroxyl groups is 1. The molecule has 32 heavy (non-hydrogen) atoms. The van der Waals surface area contributed by atoms with E-state index in [4.69, 9.17) is 0 Å². The van der Waals surface area contributed by atoms with Crippen molar-refractivity contribution in [1.82, 2.24) is 0 Å². The Bertz CT molecular complexity index is 1120. The molecule has 0 saturated carbocycles. The smallest absolute Gasteiger partial charge is 0.233 e. The van der Waals surface area contributed by atoms with Gasteiger partial charge in [0.15, 0.2) is 0 Å². The summed E-state index contributed by atoms with van der Waals surface area (Å²) in [5, 5.41) is 19.9. The van der Waals surface area contributed by atoms with E-state index in [1.807, 2.05) is 6.08 Å². The lowest BCUT2D eigenvalue weighted by Crippen LogP contribution is -2.55. The summed E-state index contributed by atoms with van der Waals surface area (Å²) in [4.78, 5) is 14.7. The van der Waals surface area contributed by atoms with Gasteiger partial charge in [0.05, 0.1) is 18.1 Å². The standard InChI is InChI=1S/C26H23F2NO3/c1-16(30)23(17-2-6-19(27)7-3-17)14-15-24-25(18-4-12-22(31)13-5-18)29(26(24)32)21-10-8-20(28)9-11-21/h2-14,16,24-25,30-31H,15H2,1H3. The minimum absolute atomic E-state index is 0.116. The molecule has 0 bridgehead atoms. The number of halogens is 2. The van der Waals surface area contributed by atoms with Crippen molar-refractivity contribution in [2.45, 2.75) is 25.5 Å². The molecule has 0 spiro atoms. The van der Waals surface area contributed by atoms with Crippen LogP contribution in [-0.4, -0.2) is 22.2 Å². The fourth-order valence-corrected chi connectivity index (χ4v) is 4.15. The van der Waals surface area contributed by atoms with Crippen LogP contribution in [0.4, 0.5) is 14.5 Å². The highest BCUT2D eigenvalue weighted by Gasteiger charge is 2.48. The summed E-state index contributed by atoms with van der Waals surface area (Å²) in [6.45, 7) is 1.63. The largest absolute Gasteiger partial charge is 0.508 e. The maximum Gasteiger partial charge on any atom is 0.233 e. The van der Waals surface area contributed by atoms with Crippen LogP contribution in [0.15, 0.2) is 78.9 Å². The zero-order valence-electron chi connectivity index (χ0n) is 17.5. The normalized spacial score (nSPS) is 19.6. The number of hydrogen-bond donors (Lipinski definition) is 2. The SMILES string of the molecule is CC(O)C(=CCC1C(=O)N(c2ccc(F)cc2)C1c1ccc(O)cc1)c1ccc(F)cc1. The van der Waals surface area contributed by atoms with Crippen LogP contribution in [0, 0.1) is 17.6 Å². The van der Waals surface area contributed by atoms with Gasteiger partial charge in [0.1, 0.15) is 17.4 Å². The first-order chi connectivity index (χ1) is 15.3. The number of aliphatic hydroxyl groups excluding tert-OH is 1. The third-order valence-corrected chi connectivity index (χ3v) is 5.77. The molecule has 1 aliphatic heterocycles. The third-order valence-electron chi connectivity index (χ3n) is 5.77. The van der Waals surface area contributed by atoms with Crippen LogP contribution >= 0.6 is 0 Å². The van der Waals surface area contributed by atoms with Crippen LogP contribution in [0.3, 0.4) is 0 Å². The average Bonchev–Trinajstić information content (AvgIpc) is 2.77. The highest BCUT2D eigenvalue weighted by molar-refractivity contribution is 6.03. The summed E-state index contributed by atoms with van der Waals surface area (Å²) in [5.41, 5.74) is 2.72. The van der Waals surface area contributed by atoms with Gasteiger partial charge in [-0.15, -0.1) is 0 Å². The first-order valence-corrected chi connectivity index (χ1v) is 10.4. The maximum atomic E-state index is 13.4. The Labute approximate surface area is 185 Å². The van der Waals surface area contributed by atoms with Crippen molar-refractivity contribution in [3.8, 4) is 5.75 Å². The molecule has 3 atom stereocenters. The number of anilines is 1. The number of hydrogen-bond acceptors (Lipinski definition) is 3. The van der Waals surface area contributed by atoms with Gasteiger partial charge in [-0.2, -0.15) is 0 Å².